The molecule has 0 nitrogen and oxygen atoms in total. The summed E-state index contributed by atoms with van der Waals surface area (Å²) in [6, 6.07) is 35.9. The molecule has 0 aromatic heterocycles. The third-order valence-corrected chi connectivity index (χ3v) is 15.4. The fourth-order valence-corrected chi connectivity index (χ4v) is 9.66. The second kappa shape index (κ2) is 44.8. The molecule has 0 amide bonds. The minimum absolute atomic E-state index is 0.132. The van der Waals surface area contributed by atoms with E-state index in [4.69, 9.17) is 4.11 Å². The van der Waals surface area contributed by atoms with Gasteiger partial charge in [-0.15, -0.1) is 0 Å². The third-order valence-electron chi connectivity index (χ3n) is 15.4. The molecule has 0 aliphatic carbocycles. The summed E-state index contributed by atoms with van der Waals surface area (Å²) in [7, 11) is 0. The molecule has 0 unspecified atom stereocenters. The largest absolute Gasteiger partial charge is 0.0683 e. The number of hydrogen-bond acceptors (Lipinski definition) is 0. The van der Waals surface area contributed by atoms with Gasteiger partial charge in [0.1, 0.15) is 0 Å². The van der Waals surface area contributed by atoms with Gasteiger partial charge < -0.3 is 0 Å². The Balaban J connectivity index is -0.000000488. The number of aryl methyl sites for hydroxylation is 9. The second-order valence-electron chi connectivity index (χ2n) is 31.8. The molecule has 0 heterocycles. The van der Waals surface area contributed by atoms with Crippen molar-refractivity contribution in [2.24, 2.45) is 17.2 Å². The number of hydrogen-bond donors (Lipinski definition) is 0. The molecule has 0 bridgehead atoms. The monoisotopic (exact) mass is 1240 g/mol. The topological polar surface area (TPSA) is 0 Å². The molecule has 0 atom stereocenters. The van der Waals surface area contributed by atoms with E-state index in [1.807, 2.05) is 48.5 Å². The lowest BCUT2D eigenvalue weighted by Crippen LogP contribution is -2.17. The maximum atomic E-state index is 7.05. The lowest BCUT2D eigenvalue weighted by Gasteiger charge is -2.26. The fraction of sp³-hybridized carbons (Fsp3) is 0.600. The highest BCUT2D eigenvalue weighted by Gasteiger charge is 2.21. The molecule has 6 aromatic rings. The van der Waals surface area contributed by atoms with Crippen molar-refractivity contribution in [3.8, 4) is 0 Å². The van der Waals surface area contributed by atoms with E-state index in [0.29, 0.717) is 40.9 Å². The highest BCUT2D eigenvalue weighted by molar-refractivity contribution is 5.43. The molecule has 0 radical (unpaired) electrons. The standard InChI is InChI=1S/C16H26.C15H24.C13H20.C11H16.C10H14.C9H12.2C5H12.C4H10.C2H6/c1-10(2)14-8-15(11(3)4)13(7)16(9-14)12(5)6;1-11-8-9-12(14(2,3)4)10-13(11)15(5,6)7;1-9(2)12-7-6-8-13(10(3)4)11(12)5;1-8(2)11-7-9(3)5-6-10(11)4;1-7-5-8(2)10(4)9(3)6-7;1-7-4-5-8(2)9(3)6-7;1-5(2,3)4;1-4-5(2)3;1-4(2)3;1-2/h8-12H,1-7H3;8-10H,1-7H3;6-10H,1-5H3;5-8H,1-4H3;5-6H,1-4H3;4-6H,1-3H3;1-4H3;5H,4H2,1-3H3;4H,1-3H3;1-2H3/i;;;;;;;4D2;4D;. The Labute approximate surface area is 570 Å². The maximum Gasteiger partial charge on any atom is 0.0294 e. The van der Waals surface area contributed by atoms with Crippen LogP contribution in [0.4, 0.5) is 0 Å². The van der Waals surface area contributed by atoms with E-state index in [1.165, 1.54) is 111 Å². The predicted octanol–water partition coefficient (Wildman–Crippen LogP) is 29.9. The molecule has 0 saturated heterocycles. The normalized spacial score (nSPS) is 11.7. The van der Waals surface area contributed by atoms with Crippen LogP contribution in [0.15, 0.2) is 97.1 Å². The Kier molecular flexibility index (Phi) is 42.5. The van der Waals surface area contributed by atoms with Gasteiger partial charge in [0.15, 0.2) is 0 Å². The SMILES string of the molecule is CC.CC(C)(C)C.Cc1c(C(C)C)cc(C(C)C)cc1C(C)C.Cc1c(C(C)C)cccc1C(C)C.Cc1cc(C)c(C)c(C)c1.Cc1ccc(C(C)(C)C)cc1C(C)(C)C.Cc1ccc(C)c(C(C)C)c1.Cc1ccc(C)c(C)c1.[2H]C(C)(C)C.[2H]C([2H])(C)C(C)C. The minimum Gasteiger partial charge on any atom is -0.0683 e. The van der Waals surface area contributed by atoms with Crippen molar-refractivity contribution in [2.75, 3.05) is 0 Å². The van der Waals surface area contributed by atoms with Crippen LogP contribution in [0, 0.1) is 100 Å². The van der Waals surface area contributed by atoms with Gasteiger partial charge in [-0.25, -0.2) is 0 Å². The first-order valence-electron chi connectivity index (χ1n) is 36.4. The molecular weight excluding hydrogens is 1080 g/mol. The maximum absolute atomic E-state index is 7.05. The van der Waals surface area contributed by atoms with Gasteiger partial charge in [-0.3, -0.25) is 0 Å². The van der Waals surface area contributed by atoms with E-state index in [0.717, 1.165) is 0 Å². The van der Waals surface area contributed by atoms with Gasteiger partial charge in [0.2, 0.25) is 0 Å². The Hall–Kier alpha value is -4.68. The third kappa shape index (κ3) is 40.3. The lowest BCUT2D eigenvalue weighted by molar-refractivity contribution is 0.469. The summed E-state index contributed by atoms with van der Waals surface area (Å²) in [5.74, 6) is 3.67. The Morgan fingerprint density at radius 2 is 0.656 bits per heavy atom. The molecule has 0 saturated carbocycles. The van der Waals surface area contributed by atoms with Crippen LogP contribution in [0.5, 0.6) is 0 Å². The molecule has 6 rings (SSSR count). The van der Waals surface area contributed by atoms with Crippen molar-refractivity contribution in [3.05, 3.63) is 208 Å². The summed E-state index contributed by atoms with van der Waals surface area (Å²) in [6.45, 7) is 90.6. The minimum atomic E-state index is -1.00. The average Bonchev–Trinajstić information content (AvgIpc) is 0.857. The van der Waals surface area contributed by atoms with Gasteiger partial charge in [-0.05, 0) is 241 Å². The summed E-state index contributed by atoms with van der Waals surface area (Å²) >= 11 is 0. The van der Waals surface area contributed by atoms with E-state index in [9.17, 15) is 0 Å². The van der Waals surface area contributed by atoms with Gasteiger partial charge >= 0.3 is 0 Å². The Morgan fingerprint density at radius 1 is 0.333 bits per heavy atom. The van der Waals surface area contributed by atoms with Crippen molar-refractivity contribution >= 4 is 0 Å². The predicted molar refractivity (Wildman–Crippen MR) is 420 cm³/mol. The summed E-state index contributed by atoms with van der Waals surface area (Å²) < 4.78 is 21.0. The van der Waals surface area contributed by atoms with Crippen LogP contribution < -0.4 is 0 Å². The second-order valence-corrected chi connectivity index (χ2v) is 31.8. The van der Waals surface area contributed by atoms with Gasteiger partial charge in [-0.1, -0.05) is 328 Å². The van der Waals surface area contributed by atoms with Crippen LogP contribution in [0.1, 0.15) is 365 Å². The number of rotatable bonds is 7. The smallest absolute Gasteiger partial charge is 0.0294 e. The van der Waals surface area contributed by atoms with Crippen LogP contribution in [-0.4, -0.2) is 0 Å². The fourth-order valence-electron chi connectivity index (χ4n) is 9.66. The highest BCUT2D eigenvalue weighted by atomic mass is 14.3. The van der Waals surface area contributed by atoms with Crippen molar-refractivity contribution in [2.45, 2.75) is 344 Å². The summed E-state index contributed by atoms with van der Waals surface area (Å²) in [4.78, 5) is 0. The molecule has 0 fully saturated rings. The molecule has 0 aliphatic rings. The quantitative estimate of drug-likeness (QED) is 0.149. The van der Waals surface area contributed by atoms with E-state index < -0.39 is 6.37 Å². The first-order valence-corrected chi connectivity index (χ1v) is 34.9. The molecule has 0 aliphatic heterocycles. The Morgan fingerprint density at radius 3 is 0.944 bits per heavy atom. The zero-order valence-corrected chi connectivity index (χ0v) is 67.8. The molecule has 512 valence electrons. The van der Waals surface area contributed by atoms with Gasteiger partial charge in [0, 0.05) is 4.11 Å². The summed E-state index contributed by atoms with van der Waals surface area (Å²) in [5, 5.41) is 0. The van der Waals surface area contributed by atoms with Crippen molar-refractivity contribution in [3.63, 3.8) is 0 Å². The molecule has 0 spiro atoms. The molecular formula is C90H152. The van der Waals surface area contributed by atoms with Crippen molar-refractivity contribution in [1.29, 1.82) is 0 Å². The van der Waals surface area contributed by atoms with Crippen LogP contribution >= 0.6 is 0 Å². The van der Waals surface area contributed by atoms with E-state index in [2.05, 4.69) is 332 Å². The van der Waals surface area contributed by atoms with Gasteiger partial charge in [-0.2, -0.15) is 0 Å². The lowest BCUT2D eigenvalue weighted by atomic mass is 9.79. The molecule has 0 N–H and O–H groups in total. The molecule has 6 aromatic carbocycles. The van der Waals surface area contributed by atoms with Crippen LogP contribution in [-0.2, 0) is 10.8 Å². The highest BCUT2D eigenvalue weighted by Crippen LogP contribution is 2.33. The first-order chi connectivity index (χ1) is 41.9. The zero-order valence-electron chi connectivity index (χ0n) is 70.8. The molecule has 90 heavy (non-hydrogen) atoms. The number of benzene rings is 6. The summed E-state index contributed by atoms with van der Waals surface area (Å²) in [5.41, 5.74) is 29.7. The van der Waals surface area contributed by atoms with Gasteiger partial charge in [0.05, 0.1) is 0 Å². The average molecular weight is 1240 g/mol. The van der Waals surface area contributed by atoms with Gasteiger partial charge in [0.25, 0.3) is 0 Å². The van der Waals surface area contributed by atoms with E-state index >= 15 is 0 Å². The van der Waals surface area contributed by atoms with Crippen LogP contribution in [0.2, 0.25) is 0 Å². The van der Waals surface area contributed by atoms with Crippen molar-refractivity contribution < 1.29 is 4.11 Å². The van der Waals surface area contributed by atoms with Crippen LogP contribution in [0.25, 0.3) is 0 Å². The summed E-state index contributed by atoms with van der Waals surface area (Å²) in [6.07, 6.45) is -1.00. The van der Waals surface area contributed by atoms with E-state index in [-0.39, 0.29) is 22.6 Å². The molecule has 0 heteroatoms. The Bertz CT molecular complexity index is 2900. The zero-order chi connectivity index (χ0) is 74.4. The first kappa shape index (κ1) is 85.3. The van der Waals surface area contributed by atoms with E-state index in [1.54, 1.807) is 6.92 Å². The van der Waals surface area contributed by atoms with Crippen molar-refractivity contribution in [1.82, 2.24) is 0 Å². The van der Waals surface area contributed by atoms with Crippen LogP contribution in [0.3, 0.4) is 0 Å².